The average molecular weight is 228 g/mol. The molecule has 15 heavy (non-hydrogen) atoms. The molecule has 0 spiro atoms. The lowest BCUT2D eigenvalue weighted by Gasteiger charge is -2.07. The molecular weight excluding hydrogens is 214 g/mol. The van der Waals surface area contributed by atoms with E-state index < -0.39 is 0 Å². The van der Waals surface area contributed by atoms with Gasteiger partial charge in [-0.15, -0.1) is 0 Å². The molecule has 0 atom stereocenters. The smallest absolute Gasteiger partial charge is 0.268 e. The van der Waals surface area contributed by atoms with Crippen LogP contribution < -0.4 is 11.1 Å². The molecule has 1 saturated carbocycles. The van der Waals surface area contributed by atoms with Gasteiger partial charge in [-0.3, -0.25) is 4.79 Å². The van der Waals surface area contributed by atoms with Gasteiger partial charge in [-0.25, -0.2) is 0 Å². The normalized spacial score (nSPS) is 15.3. The number of hydrogen-bond donors (Lipinski definition) is 2. The summed E-state index contributed by atoms with van der Waals surface area (Å²) in [6, 6.07) is 2.15. The van der Waals surface area contributed by atoms with Crippen LogP contribution in [0.25, 0.3) is 0 Å². The van der Waals surface area contributed by atoms with Crippen LogP contribution in [0.15, 0.2) is 12.3 Å². The Bertz CT molecular complexity index is 371. The molecule has 1 aliphatic carbocycles. The maximum absolute atomic E-state index is 11.7. The highest BCUT2D eigenvalue weighted by atomic mass is 35.5. The van der Waals surface area contributed by atoms with E-state index >= 15 is 0 Å². The number of rotatable bonds is 4. The van der Waals surface area contributed by atoms with Crippen molar-refractivity contribution in [2.75, 3.05) is 13.1 Å². The number of hydrogen-bond acceptors (Lipinski definition) is 2. The van der Waals surface area contributed by atoms with Crippen molar-refractivity contribution in [1.82, 2.24) is 9.88 Å². The van der Waals surface area contributed by atoms with Crippen molar-refractivity contribution in [2.24, 2.45) is 5.73 Å². The molecule has 0 aromatic carbocycles. The summed E-state index contributed by atoms with van der Waals surface area (Å²) in [6.07, 6.45) is 4.07. The van der Waals surface area contributed by atoms with Crippen LogP contribution in [0.2, 0.25) is 5.02 Å². The molecule has 1 heterocycles. The lowest BCUT2D eigenvalue weighted by atomic mass is 10.4. The Morgan fingerprint density at radius 3 is 3.00 bits per heavy atom. The van der Waals surface area contributed by atoms with Gasteiger partial charge in [0.1, 0.15) is 5.69 Å². The highest BCUT2D eigenvalue weighted by molar-refractivity contribution is 6.31. The summed E-state index contributed by atoms with van der Waals surface area (Å²) in [4.78, 5) is 11.7. The first-order valence-corrected chi connectivity index (χ1v) is 5.46. The number of amides is 1. The van der Waals surface area contributed by atoms with Crippen molar-refractivity contribution in [3.63, 3.8) is 0 Å². The second-order valence-electron chi connectivity index (χ2n) is 3.73. The topological polar surface area (TPSA) is 60.0 Å². The molecule has 1 aromatic rings. The molecule has 0 saturated heterocycles. The molecule has 1 amide bonds. The zero-order valence-electron chi connectivity index (χ0n) is 8.37. The maximum atomic E-state index is 11.7. The van der Waals surface area contributed by atoms with E-state index in [4.69, 9.17) is 17.3 Å². The number of nitrogens with one attached hydrogen (secondary N) is 1. The minimum absolute atomic E-state index is 0.0979. The zero-order valence-corrected chi connectivity index (χ0v) is 9.13. The number of halogens is 1. The van der Waals surface area contributed by atoms with E-state index in [1.807, 2.05) is 10.8 Å². The third-order valence-corrected chi connectivity index (χ3v) is 2.62. The summed E-state index contributed by atoms with van der Waals surface area (Å²) < 4.78 is 1.95. The van der Waals surface area contributed by atoms with E-state index in [2.05, 4.69) is 5.32 Å². The van der Waals surface area contributed by atoms with Gasteiger partial charge in [0.25, 0.3) is 5.91 Å². The lowest BCUT2D eigenvalue weighted by Crippen LogP contribution is -2.30. The van der Waals surface area contributed by atoms with E-state index in [1.54, 1.807) is 6.07 Å². The standard InChI is InChI=1S/C10H14ClN3O/c11-7-5-9(10(15)13-4-3-12)14(6-7)8-1-2-8/h5-6,8H,1-4,12H2,(H,13,15). The van der Waals surface area contributed by atoms with Crippen molar-refractivity contribution in [2.45, 2.75) is 18.9 Å². The van der Waals surface area contributed by atoms with Crippen molar-refractivity contribution >= 4 is 17.5 Å². The van der Waals surface area contributed by atoms with Gasteiger partial charge >= 0.3 is 0 Å². The number of nitrogens with zero attached hydrogens (tertiary/aromatic N) is 1. The van der Waals surface area contributed by atoms with Crippen LogP contribution in [-0.2, 0) is 0 Å². The fourth-order valence-electron chi connectivity index (χ4n) is 1.56. The number of aromatic nitrogens is 1. The Morgan fingerprint density at radius 1 is 1.67 bits per heavy atom. The van der Waals surface area contributed by atoms with E-state index in [0.29, 0.717) is 29.8 Å². The van der Waals surface area contributed by atoms with Crippen LogP contribution in [0.1, 0.15) is 29.4 Å². The first-order valence-electron chi connectivity index (χ1n) is 5.08. The van der Waals surface area contributed by atoms with Gasteiger partial charge in [-0.2, -0.15) is 0 Å². The van der Waals surface area contributed by atoms with E-state index in [-0.39, 0.29) is 5.91 Å². The van der Waals surface area contributed by atoms with Gasteiger partial charge in [0.15, 0.2) is 0 Å². The van der Waals surface area contributed by atoms with Crippen LogP contribution in [0.5, 0.6) is 0 Å². The van der Waals surface area contributed by atoms with Gasteiger partial charge in [0, 0.05) is 25.3 Å². The summed E-state index contributed by atoms with van der Waals surface area (Å²) in [7, 11) is 0. The number of carbonyl (C=O) groups excluding carboxylic acids is 1. The Kier molecular flexibility index (Phi) is 2.98. The van der Waals surface area contributed by atoms with E-state index in [9.17, 15) is 4.79 Å². The van der Waals surface area contributed by atoms with Crippen LogP contribution in [0.3, 0.4) is 0 Å². The molecule has 4 nitrogen and oxygen atoms in total. The summed E-state index contributed by atoms with van der Waals surface area (Å²) in [5.74, 6) is -0.0979. The zero-order chi connectivity index (χ0) is 10.8. The first kappa shape index (κ1) is 10.5. The molecule has 0 bridgehead atoms. The summed E-state index contributed by atoms with van der Waals surface area (Å²) in [5, 5.41) is 3.35. The number of nitrogens with two attached hydrogens (primary N) is 1. The van der Waals surface area contributed by atoms with Crippen LogP contribution >= 0.6 is 11.6 Å². The molecular formula is C10H14ClN3O. The van der Waals surface area contributed by atoms with Crippen LogP contribution in [0, 0.1) is 0 Å². The predicted octanol–water partition coefficient (Wildman–Crippen LogP) is 1.16. The monoisotopic (exact) mass is 227 g/mol. The average Bonchev–Trinajstić information content (AvgIpc) is 2.98. The molecule has 3 N–H and O–H groups in total. The molecule has 1 fully saturated rings. The van der Waals surface area contributed by atoms with Gasteiger partial charge in [-0.05, 0) is 18.9 Å². The molecule has 1 aromatic heterocycles. The molecule has 0 aliphatic heterocycles. The predicted molar refractivity (Wildman–Crippen MR) is 59.1 cm³/mol. The fraction of sp³-hybridized carbons (Fsp3) is 0.500. The quantitative estimate of drug-likeness (QED) is 0.811. The Balaban J connectivity index is 2.14. The van der Waals surface area contributed by atoms with Gasteiger partial charge in [0.2, 0.25) is 0 Å². The Morgan fingerprint density at radius 2 is 2.40 bits per heavy atom. The minimum Gasteiger partial charge on any atom is -0.349 e. The van der Waals surface area contributed by atoms with Crippen molar-refractivity contribution in [3.8, 4) is 0 Å². The molecule has 5 heteroatoms. The van der Waals surface area contributed by atoms with Crippen molar-refractivity contribution < 1.29 is 4.79 Å². The van der Waals surface area contributed by atoms with Crippen LogP contribution in [-0.4, -0.2) is 23.6 Å². The highest BCUT2D eigenvalue weighted by Gasteiger charge is 2.27. The SMILES string of the molecule is NCCNC(=O)c1cc(Cl)cn1C1CC1. The third kappa shape index (κ3) is 2.33. The largest absolute Gasteiger partial charge is 0.349 e. The summed E-state index contributed by atoms with van der Waals surface area (Å²) in [5.41, 5.74) is 5.96. The van der Waals surface area contributed by atoms with E-state index in [1.165, 1.54) is 0 Å². The summed E-state index contributed by atoms with van der Waals surface area (Å²) >= 11 is 5.89. The summed E-state index contributed by atoms with van der Waals surface area (Å²) in [6.45, 7) is 0.940. The van der Waals surface area contributed by atoms with Gasteiger partial charge in [0.05, 0.1) is 5.02 Å². The highest BCUT2D eigenvalue weighted by Crippen LogP contribution is 2.37. The molecule has 0 unspecified atom stereocenters. The van der Waals surface area contributed by atoms with Gasteiger partial charge < -0.3 is 15.6 Å². The fourth-order valence-corrected chi connectivity index (χ4v) is 1.77. The first-order chi connectivity index (χ1) is 7.22. The second kappa shape index (κ2) is 4.24. The molecule has 1 aliphatic rings. The molecule has 82 valence electrons. The van der Waals surface area contributed by atoms with Crippen molar-refractivity contribution in [1.29, 1.82) is 0 Å². The van der Waals surface area contributed by atoms with E-state index in [0.717, 1.165) is 12.8 Å². The van der Waals surface area contributed by atoms with Crippen molar-refractivity contribution in [3.05, 3.63) is 23.0 Å². The van der Waals surface area contributed by atoms with Gasteiger partial charge in [-0.1, -0.05) is 11.6 Å². The van der Waals surface area contributed by atoms with Crippen LogP contribution in [0.4, 0.5) is 0 Å². The Labute approximate surface area is 93.4 Å². The maximum Gasteiger partial charge on any atom is 0.268 e. The minimum atomic E-state index is -0.0979. The Hall–Kier alpha value is -1.00. The third-order valence-electron chi connectivity index (χ3n) is 2.42. The molecule has 0 radical (unpaired) electrons. The second-order valence-corrected chi connectivity index (χ2v) is 4.16. The number of carbonyl (C=O) groups is 1. The molecule has 2 rings (SSSR count). The lowest BCUT2D eigenvalue weighted by molar-refractivity contribution is 0.0945.